The summed E-state index contributed by atoms with van der Waals surface area (Å²) in [5.41, 5.74) is 3.80. The van der Waals surface area contributed by atoms with Crippen LogP contribution in [0.1, 0.15) is 68.3 Å². The topological polar surface area (TPSA) is 73.8 Å². The van der Waals surface area contributed by atoms with Crippen LogP contribution in [0.4, 0.5) is 5.95 Å². The molecule has 2 aromatic rings. The second-order valence-electron chi connectivity index (χ2n) is 10.4. The Kier molecular flexibility index (Phi) is 7.72. The van der Waals surface area contributed by atoms with E-state index < -0.39 is 18.3 Å². The molecule has 0 amide bonds. The van der Waals surface area contributed by atoms with Crippen molar-refractivity contribution in [3.8, 4) is 0 Å². The van der Waals surface area contributed by atoms with Crippen molar-refractivity contribution in [1.82, 2.24) is 9.97 Å². The first-order valence-corrected chi connectivity index (χ1v) is 13.1. The van der Waals surface area contributed by atoms with Gasteiger partial charge in [-0.25, -0.2) is 9.97 Å². The molecule has 0 bridgehead atoms. The number of hydrogen-bond acceptors (Lipinski definition) is 7. The average molecular weight is 544 g/mol. The van der Waals surface area contributed by atoms with Crippen LogP contribution in [0.3, 0.4) is 0 Å². The molecule has 2 saturated heterocycles. The molecule has 0 spiro atoms. The Labute approximate surface area is 217 Å². The molecule has 35 heavy (non-hydrogen) atoms. The molecule has 9 heteroatoms. The summed E-state index contributed by atoms with van der Waals surface area (Å²) >= 11 is 3.70. The van der Waals surface area contributed by atoms with Crippen LogP contribution >= 0.6 is 15.9 Å². The Morgan fingerprint density at radius 3 is 2.37 bits per heavy atom. The summed E-state index contributed by atoms with van der Waals surface area (Å²) in [6, 6.07) is 5.87. The van der Waals surface area contributed by atoms with E-state index in [9.17, 15) is 4.79 Å². The molecule has 0 unspecified atom stereocenters. The molecular weight excluding hydrogens is 509 g/mol. The fourth-order valence-electron chi connectivity index (χ4n) is 4.35. The van der Waals surface area contributed by atoms with Gasteiger partial charge in [0.05, 0.1) is 40.3 Å². The maximum absolute atomic E-state index is 12.1. The normalized spacial score (nSPS) is 19.3. The molecule has 7 nitrogen and oxygen atoms in total. The van der Waals surface area contributed by atoms with E-state index in [4.69, 9.17) is 24.0 Å². The number of ketones is 1. The van der Waals surface area contributed by atoms with Crippen LogP contribution in [0.25, 0.3) is 0 Å². The number of benzene rings is 1. The SMILES string of the molecule is CC(=O)c1ccc(CCCc2nc(N3CCOCC3)nc(C)c2Br)c(B2OC(C)(C)C(C)(C)O2)c1. The van der Waals surface area contributed by atoms with E-state index in [1.165, 1.54) is 0 Å². The zero-order chi connectivity index (χ0) is 25.4. The predicted octanol–water partition coefficient (Wildman–Crippen LogP) is 4.06. The first kappa shape index (κ1) is 26.3. The van der Waals surface area contributed by atoms with Crippen LogP contribution in [0.15, 0.2) is 22.7 Å². The van der Waals surface area contributed by atoms with E-state index in [0.29, 0.717) is 18.8 Å². The molecule has 0 N–H and O–H groups in total. The minimum Gasteiger partial charge on any atom is -0.399 e. The number of anilines is 1. The molecule has 4 rings (SSSR count). The second kappa shape index (κ2) is 10.3. The Morgan fingerprint density at radius 1 is 1.09 bits per heavy atom. The summed E-state index contributed by atoms with van der Waals surface area (Å²) in [5.74, 6) is 0.804. The van der Waals surface area contributed by atoms with Gasteiger partial charge in [-0.1, -0.05) is 18.2 Å². The number of carbonyl (C=O) groups is 1. The maximum Gasteiger partial charge on any atom is 0.495 e. The van der Waals surface area contributed by atoms with Gasteiger partial charge in [-0.3, -0.25) is 4.79 Å². The smallest absolute Gasteiger partial charge is 0.399 e. The van der Waals surface area contributed by atoms with Gasteiger partial charge in [0.25, 0.3) is 0 Å². The lowest BCUT2D eigenvalue weighted by Gasteiger charge is -2.32. The van der Waals surface area contributed by atoms with Crippen molar-refractivity contribution in [2.45, 2.75) is 72.0 Å². The summed E-state index contributed by atoms with van der Waals surface area (Å²) in [5, 5.41) is 0. The molecule has 188 valence electrons. The van der Waals surface area contributed by atoms with Crippen LogP contribution in [0.5, 0.6) is 0 Å². The van der Waals surface area contributed by atoms with Crippen molar-refractivity contribution in [3.63, 3.8) is 0 Å². The highest BCUT2D eigenvalue weighted by molar-refractivity contribution is 9.10. The van der Waals surface area contributed by atoms with Crippen molar-refractivity contribution >= 4 is 40.2 Å². The Morgan fingerprint density at radius 2 is 1.74 bits per heavy atom. The molecule has 2 aliphatic rings. The minimum absolute atomic E-state index is 0.0327. The van der Waals surface area contributed by atoms with Crippen LogP contribution in [0, 0.1) is 6.92 Å². The van der Waals surface area contributed by atoms with Crippen LogP contribution in [-0.2, 0) is 26.9 Å². The molecule has 2 fully saturated rings. The first-order chi connectivity index (χ1) is 16.5. The maximum atomic E-state index is 12.1. The van der Waals surface area contributed by atoms with Gasteiger partial charge in [0, 0.05) is 18.7 Å². The Balaban J connectivity index is 1.53. The Bertz CT molecular complexity index is 1090. The number of nitrogens with zero attached hydrogens (tertiary/aromatic N) is 3. The second-order valence-corrected chi connectivity index (χ2v) is 11.2. The fraction of sp³-hybridized carbons (Fsp3) is 0.577. The van der Waals surface area contributed by atoms with Crippen molar-refractivity contribution in [1.29, 1.82) is 0 Å². The first-order valence-electron chi connectivity index (χ1n) is 12.3. The number of halogens is 1. The number of Topliss-reactive ketones (excluding diaryl/α,β-unsaturated/α-hetero) is 1. The number of ether oxygens (including phenoxy) is 1. The predicted molar refractivity (Wildman–Crippen MR) is 142 cm³/mol. The lowest BCUT2D eigenvalue weighted by molar-refractivity contribution is 0.00578. The standard InChI is InChI=1S/C26H35BBrN3O4/c1-17-23(28)22(30-24(29-17)31-12-14-33-15-13-31)9-7-8-19-10-11-20(18(2)32)16-21(19)27-34-25(3,4)26(5,6)35-27/h10-11,16H,7-9,12-15H2,1-6H3. The number of morpholine rings is 1. The minimum atomic E-state index is -0.504. The lowest BCUT2D eigenvalue weighted by atomic mass is 9.74. The molecule has 0 aliphatic carbocycles. The van der Waals surface area contributed by atoms with E-state index in [2.05, 4.69) is 20.8 Å². The fourth-order valence-corrected chi connectivity index (χ4v) is 4.73. The van der Waals surface area contributed by atoms with E-state index in [0.717, 1.165) is 65.2 Å². The number of carbonyl (C=O) groups excluding carboxylic acids is 1. The Hall–Kier alpha value is -1.81. The van der Waals surface area contributed by atoms with Gasteiger partial charge in [-0.05, 0) is 87.8 Å². The number of aromatic nitrogens is 2. The number of aryl methyl sites for hydroxylation is 3. The van der Waals surface area contributed by atoms with E-state index in [1.807, 2.05) is 52.8 Å². The molecule has 2 aliphatic heterocycles. The molecule has 3 heterocycles. The summed E-state index contributed by atoms with van der Waals surface area (Å²) in [4.78, 5) is 23.9. The summed E-state index contributed by atoms with van der Waals surface area (Å²) < 4.78 is 19.1. The van der Waals surface area contributed by atoms with Gasteiger partial charge in [0.2, 0.25) is 5.95 Å². The van der Waals surface area contributed by atoms with Crippen LogP contribution in [-0.4, -0.2) is 60.4 Å². The molecule has 1 aromatic carbocycles. The highest BCUT2D eigenvalue weighted by Crippen LogP contribution is 2.37. The molecular formula is C26H35BBrN3O4. The van der Waals surface area contributed by atoms with Crippen molar-refractivity contribution < 1.29 is 18.8 Å². The molecule has 0 atom stereocenters. The average Bonchev–Trinajstić information content (AvgIpc) is 3.03. The highest BCUT2D eigenvalue weighted by atomic mass is 79.9. The van der Waals surface area contributed by atoms with Gasteiger partial charge in [0.15, 0.2) is 5.78 Å². The third-order valence-electron chi connectivity index (χ3n) is 7.29. The van der Waals surface area contributed by atoms with Gasteiger partial charge >= 0.3 is 7.12 Å². The lowest BCUT2D eigenvalue weighted by Crippen LogP contribution is -2.41. The van der Waals surface area contributed by atoms with E-state index in [-0.39, 0.29) is 5.78 Å². The van der Waals surface area contributed by atoms with Crippen LogP contribution < -0.4 is 10.4 Å². The summed E-state index contributed by atoms with van der Waals surface area (Å²) in [6.45, 7) is 14.8. The third kappa shape index (κ3) is 5.63. The van der Waals surface area contributed by atoms with Gasteiger partial charge in [-0.15, -0.1) is 0 Å². The van der Waals surface area contributed by atoms with Crippen LogP contribution in [0.2, 0.25) is 0 Å². The van der Waals surface area contributed by atoms with Crippen molar-refractivity contribution in [3.05, 3.63) is 45.2 Å². The zero-order valence-electron chi connectivity index (χ0n) is 21.6. The largest absolute Gasteiger partial charge is 0.495 e. The van der Waals surface area contributed by atoms with Crippen molar-refractivity contribution in [2.24, 2.45) is 0 Å². The molecule has 0 radical (unpaired) electrons. The molecule has 1 aromatic heterocycles. The summed E-state index contributed by atoms with van der Waals surface area (Å²) in [6.07, 6.45) is 2.52. The monoisotopic (exact) mass is 543 g/mol. The molecule has 0 saturated carbocycles. The zero-order valence-corrected chi connectivity index (χ0v) is 23.2. The van der Waals surface area contributed by atoms with Gasteiger partial charge in [0.1, 0.15) is 0 Å². The van der Waals surface area contributed by atoms with Crippen molar-refractivity contribution in [2.75, 3.05) is 31.2 Å². The third-order valence-corrected chi connectivity index (χ3v) is 8.32. The highest BCUT2D eigenvalue weighted by Gasteiger charge is 2.52. The van der Waals surface area contributed by atoms with Gasteiger partial charge in [-0.2, -0.15) is 0 Å². The number of rotatable bonds is 7. The quantitative estimate of drug-likeness (QED) is 0.385. The van der Waals surface area contributed by atoms with E-state index >= 15 is 0 Å². The van der Waals surface area contributed by atoms with Gasteiger partial charge < -0.3 is 18.9 Å². The number of hydrogen-bond donors (Lipinski definition) is 0. The van der Waals surface area contributed by atoms with E-state index in [1.54, 1.807) is 6.92 Å². The summed E-state index contributed by atoms with van der Waals surface area (Å²) in [7, 11) is -0.504.